The van der Waals surface area contributed by atoms with Crippen molar-refractivity contribution in [3.63, 3.8) is 0 Å². The van der Waals surface area contributed by atoms with Crippen LogP contribution in [-0.2, 0) is 0 Å². The minimum atomic E-state index is 0. The molecule has 0 atom stereocenters. The highest BCUT2D eigenvalue weighted by atomic mass is 79.9. The molecule has 0 radical (unpaired) electrons. The fourth-order valence-electron chi connectivity index (χ4n) is 0.594. The van der Waals surface area contributed by atoms with Gasteiger partial charge in [-0.2, -0.15) is 0 Å². The van der Waals surface area contributed by atoms with Crippen LogP contribution >= 0.6 is 28.3 Å². The van der Waals surface area contributed by atoms with Crippen LogP contribution in [0.2, 0.25) is 0 Å². The van der Waals surface area contributed by atoms with E-state index in [4.69, 9.17) is 11.1 Å². The zero-order valence-electron chi connectivity index (χ0n) is 5.54. The van der Waals surface area contributed by atoms with Gasteiger partial charge < -0.3 is 5.73 Å². The largest absolute Gasteiger partial charge is 0.384 e. The number of rotatable bonds is 1. The molecule has 0 bridgehead atoms. The first kappa shape index (κ1) is 10.4. The summed E-state index contributed by atoms with van der Waals surface area (Å²) in [5.74, 6) is 0.0503. The van der Waals surface area contributed by atoms with E-state index in [0.29, 0.717) is 5.56 Å². The van der Waals surface area contributed by atoms with Gasteiger partial charge in [0, 0.05) is 22.4 Å². The summed E-state index contributed by atoms with van der Waals surface area (Å²) in [5, 5.41) is 7.10. The minimum absolute atomic E-state index is 0. The van der Waals surface area contributed by atoms with Crippen LogP contribution in [0.15, 0.2) is 22.9 Å². The molecule has 1 heterocycles. The van der Waals surface area contributed by atoms with Crippen molar-refractivity contribution in [3.8, 4) is 0 Å². The summed E-state index contributed by atoms with van der Waals surface area (Å²) in [6.07, 6.45) is 3.21. The highest BCUT2D eigenvalue weighted by Crippen LogP contribution is 2.12. The van der Waals surface area contributed by atoms with Crippen molar-refractivity contribution in [1.29, 1.82) is 5.41 Å². The Morgan fingerprint density at radius 1 is 1.64 bits per heavy atom. The van der Waals surface area contributed by atoms with Gasteiger partial charge in [0.1, 0.15) is 5.84 Å². The fraction of sp³-hybridized carbons (Fsp3) is 0. The minimum Gasteiger partial charge on any atom is -0.384 e. The monoisotopic (exact) mass is 235 g/mol. The molecule has 0 unspecified atom stereocenters. The fourth-order valence-corrected chi connectivity index (χ4v) is 1.06. The second kappa shape index (κ2) is 4.31. The van der Waals surface area contributed by atoms with Gasteiger partial charge >= 0.3 is 0 Å². The molecule has 0 fully saturated rings. The van der Waals surface area contributed by atoms with E-state index in [0.717, 1.165) is 4.47 Å². The van der Waals surface area contributed by atoms with E-state index >= 15 is 0 Å². The number of nitrogens with two attached hydrogens (primary N) is 1. The van der Waals surface area contributed by atoms with Crippen LogP contribution in [0.1, 0.15) is 5.56 Å². The summed E-state index contributed by atoms with van der Waals surface area (Å²) in [6, 6.07) is 1.69. The maximum Gasteiger partial charge on any atom is 0.124 e. The molecule has 0 spiro atoms. The highest BCUT2D eigenvalue weighted by molar-refractivity contribution is 9.10. The summed E-state index contributed by atoms with van der Waals surface area (Å²) in [6.45, 7) is 0. The van der Waals surface area contributed by atoms with Crippen LogP contribution in [0, 0.1) is 5.41 Å². The van der Waals surface area contributed by atoms with Crippen molar-refractivity contribution in [2.75, 3.05) is 0 Å². The van der Waals surface area contributed by atoms with Crippen LogP contribution in [0.4, 0.5) is 0 Å². The predicted molar refractivity (Wildman–Crippen MR) is 50.2 cm³/mol. The average molecular weight is 236 g/mol. The molecular formula is C6H7BrClN3. The average Bonchev–Trinajstić information content (AvgIpc) is 1.88. The van der Waals surface area contributed by atoms with Crippen LogP contribution in [0.25, 0.3) is 0 Å². The van der Waals surface area contributed by atoms with E-state index in [9.17, 15) is 0 Å². The highest BCUT2D eigenvalue weighted by Gasteiger charge is 1.99. The molecule has 0 saturated carbocycles. The maximum absolute atomic E-state index is 7.10. The molecule has 1 rings (SSSR count). The van der Waals surface area contributed by atoms with Crippen LogP contribution < -0.4 is 5.73 Å². The lowest BCUT2D eigenvalue weighted by Gasteiger charge is -1.98. The second-order valence-corrected chi connectivity index (χ2v) is 2.62. The molecule has 1 aromatic rings. The number of hydrogen-bond donors (Lipinski definition) is 2. The van der Waals surface area contributed by atoms with Crippen molar-refractivity contribution in [3.05, 3.63) is 28.5 Å². The van der Waals surface area contributed by atoms with Crippen LogP contribution in [0.5, 0.6) is 0 Å². The van der Waals surface area contributed by atoms with Gasteiger partial charge in [-0.05, 0) is 22.0 Å². The van der Waals surface area contributed by atoms with E-state index in [-0.39, 0.29) is 18.2 Å². The molecule has 3 nitrogen and oxygen atoms in total. The SMILES string of the molecule is Cl.N=C(N)c1ccncc1Br. The van der Waals surface area contributed by atoms with Crippen molar-refractivity contribution >= 4 is 34.2 Å². The molecule has 3 N–H and O–H groups in total. The lowest BCUT2D eigenvalue weighted by Crippen LogP contribution is -2.11. The molecule has 11 heavy (non-hydrogen) atoms. The van der Waals surface area contributed by atoms with Crippen molar-refractivity contribution < 1.29 is 0 Å². The van der Waals surface area contributed by atoms with Gasteiger partial charge in [-0.15, -0.1) is 12.4 Å². The number of hydrogen-bond acceptors (Lipinski definition) is 2. The number of amidine groups is 1. The molecule has 5 heteroatoms. The lowest BCUT2D eigenvalue weighted by atomic mass is 10.2. The number of nitrogen functional groups attached to an aromatic ring is 1. The van der Waals surface area contributed by atoms with Crippen molar-refractivity contribution in [2.24, 2.45) is 5.73 Å². The van der Waals surface area contributed by atoms with E-state index in [2.05, 4.69) is 20.9 Å². The quantitative estimate of drug-likeness (QED) is 0.574. The van der Waals surface area contributed by atoms with Crippen LogP contribution in [0.3, 0.4) is 0 Å². The van der Waals surface area contributed by atoms with Gasteiger partial charge in [0.25, 0.3) is 0 Å². The Bertz CT molecular complexity index is 264. The molecule has 0 aliphatic heterocycles. The Labute approximate surface area is 79.1 Å². The van der Waals surface area contributed by atoms with Gasteiger partial charge in [0.15, 0.2) is 0 Å². The topological polar surface area (TPSA) is 62.8 Å². The summed E-state index contributed by atoms with van der Waals surface area (Å²) in [7, 11) is 0. The first-order chi connectivity index (χ1) is 4.72. The van der Waals surface area contributed by atoms with Crippen molar-refractivity contribution in [2.45, 2.75) is 0 Å². The maximum atomic E-state index is 7.10. The molecule has 1 aromatic heterocycles. The third-order valence-corrected chi connectivity index (χ3v) is 1.69. The molecule has 0 saturated heterocycles. The van der Waals surface area contributed by atoms with Gasteiger partial charge in [0.2, 0.25) is 0 Å². The zero-order chi connectivity index (χ0) is 7.56. The summed E-state index contributed by atoms with van der Waals surface area (Å²) in [5.41, 5.74) is 5.92. The normalized spacial score (nSPS) is 8.45. The first-order valence-corrected chi connectivity index (χ1v) is 3.45. The van der Waals surface area contributed by atoms with E-state index in [1.54, 1.807) is 18.5 Å². The standard InChI is InChI=1S/C6H6BrN3.ClH/c7-5-3-10-2-1-4(5)6(8)9;/h1-3H,(H3,8,9);1H. The second-order valence-electron chi connectivity index (χ2n) is 1.77. The molecular weight excluding hydrogens is 229 g/mol. The number of pyridine rings is 1. The smallest absolute Gasteiger partial charge is 0.124 e. The van der Waals surface area contributed by atoms with Gasteiger partial charge in [-0.1, -0.05) is 0 Å². The third kappa shape index (κ3) is 2.48. The van der Waals surface area contributed by atoms with E-state index in [1.807, 2.05) is 0 Å². The predicted octanol–water partition coefficient (Wildman–Crippen LogP) is 1.55. The summed E-state index contributed by atoms with van der Waals surface area (Å²) in [4.78, 5) is 3.83. The van der Waals surface area contributed by atoms with E-state index in [1.165, 1.54) is 0 Å². The molecule has 60 valence electrons. The van der Waals surface area contributed by atoms with Gasteiger partial charge in [-0.25, -0.2) is 0 Å². The lowest BCUT2D eigenvalue weighted by molar-refractivity contribution is 1.28. The van der Waals surface area contributed by atoms with Crippen LogP contribution in [-0.4, -0.2) is 10.8 Å². The number of nitrogens with zero attached hydrogens (tertiary/aromatic N) is 1. The Morgan fingerprint density at radius 2 is 2.27 bits per heavy atom. The Balaban J connectivity index is 0.000001000. The Hall–Kier alpha value is -0.610. The molecule has 0 aliphatic rings. The Morgan fingerprint density at radius 3 is 2.64 bits per heavy atom. The van der Waals surface area contributed by atoms with Crippen molar-refractivity contribution in [1.82, 2.24) is 4.98 Å². The molecule has 0 aliphatic carbocycles. The van der Waals surface area contributed by atoms with E-state index < -0.39 is 0 Å². The molecule has 0 aromatic carbocycles. The van der Waals surface area contributed by atoms with Gasteiger partial charge in [0.05, 0.1) is 0 Å². The summed E-state index contributed by atoms with van der Waals surface area (Å²) < 4.78 is 0.752. The number of halogens is 2. The first-order valence-electron chi connectivity index (χ1n) is 2.65. The number of aromatic nitrogens is 1. The Kier molecular flexibility index (Phi) is 4.07. The summed E-state index contributed by atoms with van der Waals surface area (Å²) >= 11 is 3.21. The number of nitrogens with one attached hydrogen (secondary N) is 1. The van der Waals surface area contributed by atoms with Gasteiger partial charge in [-0.3, -0.25) is 10.4 Å². The third-order valence-electron chi connectivity index (χ3n) is 1.06. The molecule has 0 amide bonds. The zero-order valence-corrected chi connectivity index (χ0v) is 7.95.